The molecule has 0 spiro atoms. The molecule has 3 heterocycles. The predicted molar refractivity (Wildman–Crippen MR) is 121 cm³/mol. The Morgan fingerprint density at radius 1 is 1.15 bits per heavy atom. The topological polar surface area (TPSA) is 79.6 Å². The highest BCUT2D eigenvalue weighted by Gasteiger charge is 2.35. The lowest BCUT2D eigenvalue weighted by Crippen LogP contribution is -2.58. The van der Waals surface area contributed by atoms with Crippen molar-refractivity contribution in [3.8, 4) is 11.1 Å². The van der Waals surface area contributed by atoms with Gasteiger partial charge in [0.05, 0.1) is 6.20 Å². The van der Waals surface area contributed by atoms with Gasteiger partial charge in [0, 0.05) is 31.9 Å². The molecule has 1 aliphatic rings. The van der Waals surface area contributed by atoms with Crippen LogP contribution in [-0.4, -0.2) is 50.4 Å². The zero-order valence-corrected chi connectivity index (χ0v) is 18.0. The van der Waals surface area contributed by atoms with Gasteiger partial charge in [-0.3, -0.25) is 9.59 Å². The van der Waals surface area contributed by atoms with Crippen LogP contribution in [0.5, 0.6) is 0 Å². The molecule has 1 aliphatic heterocycles. The molecular formula is C25H22FN5O2. The average molecular weight is 443 g/mol. The van der Waals surface area contributed by atoms with E-state index < -0.39 is 6.04 Å². The van der Waals surface area contributed by atoms with Gasteiger partial charge < -0.3 is 10.2 Å². The van der Waals surface area contributed by atoms with Crippen molar-refractivity contribution in [2.75, 3.05) is 13.1 Å². The summed E-state index contributed by atoms with van der Waals surface area (Å²) in [7, 11) is 0. The maximum Gasteiger partial charge on any atom is 0.260 e. The van der Waals surface area contributed by atoms with Gasteiger partial charge in [0.15, 0.2) is 5.65 Å². The van der Waals surface area contributed by atoms with Crippen LogP contribution in [0.25, 0.3) is 16.8 Å². The van der Waals surface area contributed by atoms with E-state index in [2.05, 4.69) is 15.4 Å². The number of aromatic nitrogens is 3. The Morgan fingerprint density at radius 3 is 2.76 bits per heavy atom. The van der Waals surface area contributed by atoms with Crippen molar-refractivity contribution in [2.24, 2.45) is 0 Å². The van der Waals surface area contributed by atoms with Crippen LogP contribution in [-0.2, 0) is 11.2 Å². The predicted octanol–water partition coefficient (Wildman–Crippen LogP) is 3.03. The first-order valence-electron chi connectivity index (χ1n) is 10.7. The molecule has 0 saturated carbocycles. The Kier molecular flexibility index (Phi) is 5.34. The number of hydrogen-bond donors (Lipinski definition) is 1. The lowest BCUT2D eigenvalue weighted by molar-refractivity contribution is -0.127. The SMILES string of the molecule is Cc1cnc2c(C(=O)N3CCNC(=O)C3Cc3cccc(-c4cccc(F)c4)c3)cnn2c1. The summed E-state index contributed by atoms with van der Waals surface area (Å²) in [6.07, 6.45) is 5.33. The number of fused-ring (bicyclic) bond motifs is 1. The fourth-order valence-corrected chi connectivity index (χ4v) is 4.20. The summed E-state index contributed by atoms with van der Waals surface area (Å²) in [5.41, 5.74) is 4.24. The van der Waals surface area contributed by atoms with Gasteiger partial charge in [0.1, 0.15) is 17.4 Å². The summed E-state index contributed by atoms with van der Waals surface area (Å²) in [6, 6.07) is 13.3. The van der Waals surface area contributed by atoms with Crippen LogP contribution in [0.4, 0.5) is 4.39 Å². The standard InChI is InChI=1S/C25H22FN5O2/c1-16-13-28-23-21(14-29-31(23)15-16)25(33)30-9-8-27-24(32)22(30)11-17-4-2-5-18(10-17)19-6-3-7-20(26)12-19/h2-7,10,12-15,22H,8-9,11H2,1H3,(H,27,32). The quantitative estimate of drug-likeness (QED) is 0.526. The molecule has 33 heavy (non-hydrogen) atoms. The largest absolute Gasteiger partial charge is 0.353 e. The summed E-state index contributed by atoms with van der Waals surface area (Å²) >= 11 is 0. The van der Waals surface area contributed by atoms with Gasteiger partial charge in [-0.05, 0) is 41.3 Å². The molecule has 2 aromatic carbocycles. The van der Waals surface area contributed by atoms with Gasteiger partial charge in [-0.25, -0.2) is 13.9 Å². The molecule has 1 fully saturated rings. The summed E-state index contributed by atoms with van der Waals surface area (Å²) in [5.74, 6) is -0.785. The van der Waals surface area contributed by atoms with E-state index >= 15 is 0 Å². The highest BCUT2D eigenvalue weighted by Crippen LogP contribution is 2.24. The average Bonchev–Trinajstić information content (AvgIpc) is 3.23. The van der Waals surface area contributed by atoms with E-state index in [0.717, 1.165) is 22.3 Å². The number of nitrogens with zero attached hydrogens (tertiary/aromatic N) is 4. The monoisotopic (exact) mass is 443 g/mol. The second kappa shape index (κ2) is 8.46. The van der Waals surface area contributed by atoms with Crippen molar-refractivity contribution in [1.29, 1.82) is 0 Å². The molecule has 2 amide bonds. The van der Waals surface area contributed by atoms with E-state index in [1.807, 2.05) is 37.3 Å². The molecule has 1 unspecified atom stereocenters. The van der Waals surface area contributed by atoms with E-state index in [0.29, 0.717) is 30.7 Å². The van der Waals surface area contributed by atoms with Crippen LogP contribution >= 0.6 is 0 Å². The van der Waals surface area contributed by atoms with Crippen molar-refractivity contribution in [3.05, 3.63) is 89.6 Å². The number of nitrogens with one attached hydrogen (secondary N) is 1. The van der Waals surface area contributed by atoms with Crippen LogP contribution < -0.4 is 5.32 Å². The van der Waals surface area contributed by atoms with Crippen LogP contribution in [0.3, 0.4) is 0 Å². The third kappa shape index (κ3) is 4.07. The van der Waals surface area contributed by atoms with E-state index in [1.165, 1.54) is 18.3 Å². The maximum absolute atomic E-state index is 13.7. The Balaban J connectivity index is 1.44. The van der Waals surface area contributed by atoms with Crippen molar-refractivity contribution >= 4 is 17.5 Å². The van der Waals surface area contributed by atoms with Crippen molar-refractivity contribution in [3.63, 3.8) is 0 Å². The second-order valence-electron chi connectivity index (χ2n) is 8.18. The lowest BCUT2D eigenvalue weighted by atomic mass is 9.97. The number of benzene rings is 2. The molecule has 0 bridgehead atoms. The summed E-state index contributed by atoms with van der Waals surface area (Å²) in [4.78, 5) is 32.2. The minimum absolute atomic E-state index is 0.203. The van der Waals surface area contributed by atoms with Crippen molar-refractivity contribution in [2.45, 2.75) is 19.4 Å². The summed E-state index contributed by atoms with van der Waals surface area (Å²) < 4.78 is 15.2. The van der Waals surface area contributed by atoms with Crippen LogP contribution in [0.15, 0.2) is 67.1 Å². The van der Waals surface area contributed by atoms with E-state index in [9.17, 15) is 14.0 Å². The highest BCUT2D eigenvalue weighted by atomic mass is 19.1. The number of hydrogen-bond acceptors (Lipinski definition) is 4. The Hall–Kier alpha value is -4.07. The fourth-order valence-electron chi connectivity index (χ4n) is 4.20. The first kappa shape index (κ1) is 20.8. The van der Waals surface area contributed by atoms with Gasteiger partial charge >= 0.3 is 0 Å². The third-order valence-electron chi connectivity index (χ3n) is 5.82. The van der Waals surface area contributed by atoms with Gasteiger partial charge in [0.25, 0.3) is 5.91 Å². The molecule has 5 rings (SSSR count). The lowest BCUT2D eigenvalue weighted by Gasteiger charge is -2.35. The van der Waals surface area contributed by atoms with Gasteiger partial charge in [0.2, 0.25) is 5.91 Å². The number of carbonyl (C=O) groups is 2. The minimum atomic E-state index is -0.672. The smallest absolute Gasteiger partial charge is 0.260 e. The third-order valence-corrected chi connectivity index (χ3v) is 5.82. The second-order valence-corrected chi connectivity index (χ2v) is 8.18. The molecule has 2 aromatic heterocycles. The molecule has 7 nitrogen and oxygen atoms in total. The maximum atomic E-state index is 13.7. The normalized spacial score (nSPS) is 16.1. The van der Waals surface area contributed by atoms with Crippen molar-refractivity contribution < 1.29 is 14.0 Å². The first-order valence-corrected chi connectivity index (χ1v) is 10.7. The minimum Gasteiger partial charge on any atom is -0.353 e. The Labute approximate surface area is 189 Å². The summed E-state index contributed by atoms with van der Waals surface area (Å²) in [6.45, 7) is 2.68. The molecule has 0 aliphatic carbocycles. The highest BCUT2D eigenvalue weighted by molar-refractivity contribution is 6.02. The fraction of sp³-hybridized carbons (Fsp3) is 0.200. The number of carbonyl (C=O) groups excluding carboxylic acids is 2. The molecule has 1 saturated heterocycles. The van der Waals surface area contributed by atoms with E-state index in [4.69, 9.17) is 0 Å². The number of aryl methyl sites for hydroxylation is 1. The van der Waals surface area contributed by atoms with Crippen molar-refractivity contribution in [1.82, 2.24) is 24.8 Å². The van der Waals surface area contributed by atoms with Crippen LogP contribution in [0, 0.1) is 12.7 Å². The van der Waals surface area contributed by atoms with Gasteiger partial charge in [-0.15, -0.1) is 0 Å². The number of piperazine rings is 1. The summed E-state index contributed by atoms with van der Waals surface area (Å²) in [5, 5.41) is 7.11. The van der Waals surface area contributed by atoms with Gasteiger partial charge in [-0.1, -0.05) is 36.4 Å². The van der Waals surface area contributed by atoms with Gasteiger partial charge in [-0.2, -0.15) is 5.10 Å². The molecule has 4 aromatic rings. The number of halogens is 1. The number of rotatable bonds is 4. The van der Waals surface area contributed by atoms with E-state index in [1.54, 1.807) is 27.9 Å². The number of amides is 2. The molecule has 8 heteroatoms. The zero-order valence-electron chi connectivity index (χ0n) is 18.0. The molecule has 0 radical (unpaired) electrons. The molecule has 1 atom stereocenters. The Morgan fingerprint density at radius 2 is 1.94 bits per heavy atom. The van der Waals surface area contributed by atoms with E-state index in [-0.39, 0.29) is 17.6 Å². The zero-order chi connectivity index (χ0) is 22.9. The first-order chi connectivity index (χ1) is 16.0. The molecular weight excluding hydrogens is 421 g/mol. The Bertz CT molecular complexity index is 1370. The van der Waals surface area contributed by atoms with Crippen LogP contribution in [0.1, 0.15) is 21.5 Å². The molecule has 166 valence electrons. The molecule has 1 N–H and O–H groups in total. The van der Waals surface area contributed by atoms with Crippen LogP contribution in [0.2, 0.25) is 0 Å².